The lowest BCUT2D eigenvalue weighted by Gasteiger charge is -2.07. The SMILES string of the molecule is CC(C)[C@@H]1C[C@@H](CCl)OC1=O. The number of cyclic esters (lactones) is 1. The minimum Gasteiger partial charge on any atom is -0.461 e. The molecule has 0 aliphatic carbocycles. The van der Waals surface area contributed by atoms with Gasteiger partial charge in [-0.1, -0.05) is 13.8 Å². The third kappa shape index (κ3) is 1.86. The molecule has 11 heavy (non-hydrogen) atoms. The van der Waals surface area contributed by atoms with E-state index in [1.807, 2.05) is 13.8 Å². The number of hydrogen-bond donors (Lipinski definition) is 0. The second-order valence-electron chi connectivity index (χ2n) is 3.30. The van der Waals surface area contributed by atoms with Gasteiger partial charge in [0.05, 0.1) is 11.8 Å². The molecule has 0 saturated carbocycles. The largest absolute Gasteiger partial charge is 0.461 e. The molecule has 0 spiro atoms. The fourth-order valence-electron chi connectivity index (χ4n) is 1.32. The molecule has 3 heteroatoms. The molecule has 0 unspecified atom stereocenters. The molecule has 0 aromatic carbocycles. The Bertz CT molecular complexity index is 156. The lowest BCUT2D eigenvalue weighted by molar-refractivity contribution is -0.144. The third-order valence-corrected chi connectivity index (χ3v) is 2.42. The molecule has 1 saturated heterocycles. The van der Waals surface area contributed by atoms with Gasteiger partial charge in [-0.25, -0.2) is 0 Å². The van der Waals surface area contributed by atoms with Crippen molar-refractivity contribution in [2.45, 2.75) is 26.4 Å². The van der Waals surface area contributed by atoms with E-state index < -0.39 is 0 Å². The maximum absolute atomic E-state index is 11.1. The lowest BCUT2D eigenvalue weighted by atomic mass is 9.93. The predicted molar refractivity (Wildman–Crippen MR) is 43.5 cm³/mol. The first-order chi connectivity index (χ1) is 5.15. The van der Waals surface area contributed by atoms with Crippen LogP contribution >= 0.6 is 11.6 Å². The maximum atomic E-state index is 11.1. The van der Waals surface area contributed by atoms with Gasteiger partial charge in [-0.3, -0.25) is 4.79 Å². The van der Waals surface area contributed by atoms with Crippen LogP contribution < -0.4 is 0 Å². The van der Waals surface area contributed by atoms with Gasteiger partial charge in [0.1, 0.15) is 6.10 Å². The van der Waals surface area contributed by atoms with Crippen molar-refractivity contribution >= 4 is 17.6 Å². The molecule has 0 amide bonds. The Morgan fingerprint density at radius 1 is 1.73 bits per heavy atom. The molecular weight excluding hydrogens is 164 g/mol. The van der Waals surface area contributed by atoms with E-state index >= 15 is 0 Å². The van der Waals surface area contributed by atoms with Crippen LogP contribution in [0.5, 0.6) is 0 Å². The summed E-state index contributed by atoms with van der Waals surface area (Å²) in [6, 6.07) is 0. The first-order valence-corrected chi connectivity index (χ1v) is 4.45. The van der Waals surface area contributed by atoms with E-state index in [1.165, 1.54) is 0 Å². The summed E-state index contributed by atoms with van der Waals surface area (Å²) < 4.78 is 5.01. The Labute approximate surface area is 71.9 Å². The number of halogens is 1. The average molecular weight is 177 g/mol. The number of rotatable bonds is 2. The molecule has 2 nitrogen and oxygen atoms in total. The smallest absolute Gasteiger partial charge is 0.309 e. The molecule has 1 heterocycles. The van der Waals surface area contributed by atoms with Gasteiger partial charge in [0.15, 0.2) is 0 Å². The van der Waals surface area contributed by atoms with Crippen molar-refractivity contribution in [3.05, 3.63) is 0 Å². The molecule has 0 bridgehead atoms. The highest BCUT2D eigenvalue weighted by atomic mass is 35.5. The van der Waals surface area contributed by atoms with Gasteiger partial charge < -0.3 is 4.74 Å². The molecule has 1 aliphatic heterocycles. The zero-order chi connectivity index (χ0) is 8.43. The van der Waals surface area contributed by atoms with Crippen molar-refractivity contribution in [2.75, 3.05) is 5.88 Å². The number of hydrogen-bond acceptors (Lipinski definition) is 2. The highest BCUT2D eigenvalue weighted by Gasteiger charge is 2.35. The van der Waals surface area contributed by atoms with Gasteiger partial charge in [0, 0.05) is 0 Å². The molecule has 1 aliphatic rings. The predicted octanol–water partition coefficient (Wildman–Crippen LogP) is 1.81. The van der Waals surface area contributed by atoms with Crippen molar-refractivity contribution in [1.29, 1.82) is 0 Å². The highest BCUT2D eigenvalue weighted by Crippen LogP contribution is 2.27. The molecular formula is C8H13ClO2. The second kappa shape index (κ2) is 3.44. The van der Waals surface area contributed by atoms with Gasteiger partial charge in [-0.05, 0) is 12.3 Å². The molecule has 64 valence electrons. The van der Waals surface area contributed by atoms with Crippen LogP contribution in [0.25, 0.3) is 0 Å². The van der Waals surface area contributed by atoms with Crippen LogP contribution in [0.1, 0.15) is 20.3 Å². The van der Waals surface area contributed by atoms with Gasteiger partial charge in [-0.2, -0.15) is 0 Å². The first kappa shape index (κ1) is 8.85. The van der Waals surface area contributed by atoms with E-state index in [2.05, 4.69) is 0 Å². The summed E-state index contributed by atoms with van der Waals surface area (Å²) in [7, 11) is 0. The molecule has 0 radical (unpaired) electrons. The standard InChI is InChI=1S/C8H13ClO2/c1-5(2)7-3-6(4-9)11-8(7)10/h5-7H,3-4H2,1-2H3/t6-,7-/m0/s1. The van der Waals surface area contributed by atoms with Crippen LogP contribution in [-0.4, -0.2) is 18.0 Å². The summed E-state index contributed by atoms with van der Waals surface area (Å²) in [5.74, 6) is 0.787. The van der Waals surface area contributed by atoms with Gasteiger partial charge >= 0.3 is 5.97 Å². The van der Waals surface area contributed by atoms with Crippen molar-refractivity contribution in [3.8, 4) is 0 Å². The highest BCUT2D eigenvalue weighted by molar-refractivity contribution is 6.18. The quantitative estimate of drug-likeness (QED) is 0.474. The van der Waals surface area contributed by atoms with Gasteiger partial charge in [0.25, 0.3) is 0 Å². The first-order valence-electron chi connectivity index (χ1n) is 3.91. The van der Waals surface area contributed by atoms with Gasteiger partial charge in [0.2, 0.25) is 0 Å². The molecule has 0 aromatic rings. The summed E-state index contributed by atoms with van der Waals surface area (Å²) in [6.45, 7) is 4.06. The summed E-state index contributed by atoms with van der Waals surface area (Å²) in [5, 5.41) is 0. The average Bonchev–Trinajstić information content (AvgIpc) is 2.30. The van der Waals surface area contributed by atoms with Crippen LogP contribution in [0, 0.1) is 11.8 Å². The van der Waals surface area contributed by atoms with Gasteiger partial charge in [-0.15, -0.1) is 11.6 Å². The van der Waals surface area contributed by atoms with Crippen molar-refractivity contribution < 1.29 is 9.53 Å². The minimum atomic E-state index is -0.0781. The van der Waals surface area contributed by atoms with E-state index in [4.69, 9.17) is 16.3 Å². The zero-order valence-electron chi connectivity index (χ0n) is 6.84. The minimum absolute atomic E-state index is 0.0448. The van der Waals surface area contributed by atoms with E-state index in [9.17, 15) is 4.79 Å². The van der Waals surface area contributed by atoms with E-state index in [-0.39, 0.29) is 18.0 Å². The van der Waals surface area contributed by atoms with E-state index in [0.29, 0.717) is 11.8 Å². The monoisotopic (exact) mass is 176 g/mol. The maximum Gasteiger partial charge on any atom is 0.309 e. The Hall–Kier alpha value is -0.240. The van der Waals surface area contributed by atoms with Crippen LogP contribution in [0.15, 0.2) is 0 Å². The molecule has 1 fully saturated rings. The van der Waals surface area contributed by atoms with Crippen molar-refractivity contribution in [3.63, 3.8) is 0 Å². The fraction of sp³-hybridized carbons (Fsp3) is 0.875. The van der Waals surface area contributed by atoms with Crippen molar-refractivity contribution in [2.24, 2.45) is 11.8 Å². The topological polar surface area (TPSA) is 26.3 Å². The number of carbonyl (C=O) groups excluding carboxylic acids is 1. The normalized spacial score (nSPS) is 31.1. The van der Waals surface area contributed by atoms with Crippen LogP contribution in [0.2, 0.25) is 0 Å². The van der Waals surface area contributed by atoms with E-state index in [1.54, 1.807) is 0 Å². The summed E-state index contributed by atoms with van der Waals surface area (Å²) >= 11 is 5.57. The van der Waals surface area contributed by atoms with Crippen molar-refractivity contribution in [1.82, 2.24) is 0 Å². The molecule has 2 atom stereocenters. The van der Waals surface area contributed by atoms with E-state index in [0.717, 1.165) is 6.42 Å². The zero-order valence-corrected chi connectivity index (χ0v) is 7.60. The summed E-state index contributed by atoms with van der Waals surface area (Å²) in [5.41, 5.74) is 0. The number of carbonyl (C=O) groups is 1. The second-order valence-corrected chi connectivity index (χ2v) is 3.61. The van der Waals surface area contributed by atoms with Crippen LogP contribution in [0.4, 0.5) is 0 Å². The lowest BCUT2D eigenvalue weighted by Crippen LogP contribution is -2.13. The Balaban J connectivity index is 2.52. The fourth-order valence-corrected chi connectivity index (χ4v) is 1.51. The number of ether oxygens (including phenoxy) is 1. The van der Waals surface area contributed by atoms with Crippen LogP contribution in [-0.2, 0) is 9.53 Å². The molecule has 0 N–H and O–H groups in total. The number of esters is 1. The molecule has 0 aromatic heterocycles. The summed E-state index contributed by atoms with van der Waals surface area (Å²) in [6.07, 6.45) is 0.747. The number of alkyl halides is 1. The third-order valence-electron chi connectivity index (χ3n) is 2.08. The Kier molecular flexibility index (Phi) is 2.77. The Morgan fingerprint density at radius 3 is 2.64 bits per heavy atom. The van der Waals surface area contributed by atoms with Crippen LogP contribution in [0.3, 0.4) is 0 Å². The Morgan fingerprint density at radius 2 is 2.36 bits per heavy atom. The molecule has 1 rings (SSSR count). The summed E-state index contributed by atoms with van der Waals surface area (Å²) in [4.78, 5) is 11.1.